The Balaban J connectivity index is 1.36. The van der Waals surface area contributed by atoms with E-state index in [1.54, 1.807) is 16.7 Å². The van der Waals surface area contributed by atoms with Crippen LogP contribution in [-0.4, -0.2) is 24.4 Å². The van der Waals surface area contributed by atoms with Crippen LogP contribution >= 0.6 is 11.8 Å². The van der Waals surface area contributed by atoms with E-state index >= 15 is 0 Å². The normalized spacial score (nSPS) is 17.2. The van der Waals surface area contributed by atoms with E-state index in [-0.39, 0.29) is 29.4 Å². The van der Waals surface area contributed by atoms with Gasteiger partial charge in [0.05, 0.1) is 5.75 Å². The van der Waals surface area contributed by atoms with E-state index in [0.717, 1.165) is 11.3 Å². The van der Waals surface area contributed by atoms with E-state index in [4.69, 9.17) is 9.47 Å². The van der Waals surface area contributed by atoms with Crippen LogP contribution in [-0.2, 0) is 10.2 Å². The zero-order valence-electron chi connectivity index (χ0n) is 19.3. The Bertz CT molecular complexity index is 1250. The Hall–Kier alpha value is -3.45. The molecule has 1 unspecified atom stereocenters. The van der Waals surface area contributed by atoms with E-state index in [0.29, 0.717) is 28.5 Å². The summed E-state index contributed by atoms with van der Waals surface area (Å²) < 4.78 is 10.9. The van der Waals surface area contributed by atoms with Crippen molar-refractivity contribution in [3.05, 3.63) is 83.4 Å². The van der Waals surface area contributed by atoms with Gasteiger partial charge in [0.25, 0.3) is 5.91 Å². The molecule has 0 bridgehead atoms. The molecule has 174 valence electrons. The van der Waals surface area contributed by atoms with Crippen molar-refractivity contribution in [2.24, 2.45) is 0 Å². The van der Waals surface area contributed by atoms with Gasteiger partial charge in [-0.3, -0.25) is 14.5 Å². The number of carbonyl (C=O) groups is 2. The number of benzene rings is 3. The second-order valence-corrected chi connectivity index (χ2v) is 10.4. The van der Waals surface area contributed by atoms with Crippen LogP contribution in [0.25, 0.3) is 0 Å². The van der Waals surface area contributed by atoms with E-state index in [1.807, 2.05) is 66.7 Å². The molecule has 7 heteroatoms. The number of thioether (sulfide) groups is 1. The Labute approximate surface area is 203 Å². The summed E-state index contributed by atoms with van der Waals surface area (Å²) in [5.41, 5.74) is 4.20. The van der Waals surface area contributed by atoms with Crippen LogP contribution in [0.5, 0.6) is 11.5 Å². The average molecular weight is 475 g/mol. The number of fused-ring (bicyclic) bond motifs is 1. The molecule has 2 aliphatic heterocycles. The van der Waals surface area contributed by atoms with Gasteiger partial charge in [-0.05, 0) is 52.9 Å². The molecule has 1 fully saturated rings. The fourth-order valence-corrected chi connectivity index (χ4v) is 5.25. The second-order valence-electron chi connectivity index (χ2n) is 9.37. The first-order valence-corrected chi connectivity index (χ1v) is 12.2. The maximum atomic E-state index is 12.8. The van der Waals surface area contributed by atoms with Gasteiger partial charge >= 0.3 is 0 Å². The minimum Gasteiger partial charge on any atom is -0.454 e. The van der Waals surface area contributed by atoms with Crippen LogP contribution in [0.15, 0.2) is 66.7 Å². The molecule has 6 nitrogen and oxygen atoms in total. The molecule has 0 aliphatic carbocycles. The largest absolute Gasteiger partial charge is 0.454 e. The smallest absolute Gasteiger partial charge is 0.255 e. The minimum atomic E-state index is -0.198. The molecule has 34 heavy (non-hydrogen) atoms. The highest BCUT2D eigenvalue weighted by atomic mass is 32.2. The number of nitrogens with zero attached hydrogens (tertiary/aromatic N) is 1. The summed E-state index contributed by atoms with van der Waals surface area (Å²) in [6, 6.07) is 20.9. The van der Waals surface area contributed by atoms with Crippen LogP contribution in [0, 0.1) is 0 Å². The van der Waals surface area contributed by atoms with Crippen LogP contribution < -0.4 is 19.7 Å². The van der Waals surface area contributed by atoms with E-state index in [9.17, 15) is 9.59 Å². The third-order valence-corrected chi connectivity index (χ3v) is 7.16. The van der Waals surface area contributed by atoms with E-state index in [2.05, 4.69) is 26.1 Å². The molecule has 1 N–H and O–H groups in total. The number of hydrogen-bond acceptors (Lipinski definition) is 5. The molecule has 0 aromatic heterocycles. The minimum absolute atomic E-state index is 0.0299. The molecule has 2 amide bonds. The van der Waals surface area contributed by atoms with Crippen molar-refractivity contribution < 1.29 is 19.1 Å². The highest BCUT2D eigenvalue weighted by Gasteiger charge is 2.35. The lowest BCUT2D eigenvalue weighted by Gasteiger charge is -2.25. The predicted molar refractivity (Wildman–Crippen MR) is 135 cm³/mol. The molecule has 2 aliphatic rings. The first kappa shape index (κ1) is 22.3. The first-order chi connectivity index (χ1) is 16.3. The topological polar surface area (TPSA) is 67.9 Å². The molecule has 0 spiro atoms. The lowest BCUT2D eigenvalue weighted by molar-refractivity contribution is -0.115. The fourth-order valence-electron chi connectivity index (χ4n) is 4.08. The predicted octanol–water partition coefficient (Wildman–Crippen LogP) is 5.74. The van der Waals surface area contributed by atoms with Gasteiger partial charge in [0.15, 0.2) is 11.5 Å². The molecule has 3 aromatic carbocycles. The van der Waals surface area contributed by atoms with Crippen molar-refractivity contribution in [2.75, 3.05) is 22.8 Å². The fraction of sp³-hybridized carbons (Fsp3) is 0.259. The quantitative estimate of drug-likeness (QED) is 0.522. The summed E-state index contributed by atoms with van der Waals surface area (Å²) in [5.74, 6) is 1.57. The van der Waals surface area contributed by atoms with E-state index in [1.165, 1.54) is 5.56 Å². The molecule has 0 radical (unpaired) electrons. The number of nitrogens with one attached hydrogen (secondary N) is 1. The summed E-state index contributed by atoms with van der Waals surface area (Å²) in [6.07, 6.45) is 0. The summed E-state index contributed by atoms with van der Waals surface area (Å²) in [4.78, 5) is 27.4. The second kappa shape index (κ2) is 8.72. The van der Waals surface area contributed by atoms with Gasteiger partial charge in [0.2, 0.25) is 12.7 Å². The number of ether oxygens (including phenoxy) is 2. The summed E-state index contributed by atoms with van der Waals surface area (Å²) >= 11 is 1.56. The first-order valence-electron chi connectivity index (χ1n) is 11.1. The van der Waals surface area contributed by atoms with Crippen molar-refractivity contribution in [3.63, 3.8) is 0 Å². The molecule has 2 heterocycles. The Morgan fingerprint density at radius 1 is 1.00 bits per heavy atom. The lowest BCUT2D eigenvalue weighted by Crippen LogP contribution is -2.27. The van der Waals surface area contributed by atoms with Crippen LogP contribution in [0.3, 0.4) is 0 Å². The number of amides is 2. The number of rotatable bonds is 4. The average Bonchev–Trinajstić information content (AvgIpc) is 3.44. The number of anilines is 2. The number of hydrogen-bond donors (Lipinski definition) is 1. The maximum Gasteiger partial charge on any atom is 0.255 e. The third-order valence-electron chi connectivity index (χ3n) is 5.94. The van der Waals surface area contributed by atoms with Gasteiger partial charge in [-0.25, -0.2) is 0 Å². The standard InChI is InChI=1S/C27H26N2O4S/c1-27(2,3)19-9-7-17(8-10-19)25(31)28-20-6-4-5-18(13-20)26-29(24(30)15-34-26)21-11-12-22-23(14-21)33-16-32-22/h4-14,26H,15-16H2,1-3H3,(H,28,31). The van der Waals surface area contributed by atoms with Gasteiger partial charge in [0.1, 0.15) is 5.37 Å². The summed E-state index contributed by atoms with van der Waals surface area (Å²) in [7, 11) is 0. The molecule has 0 saturated carbocycles. The van der Waals surface area contributed by atoms with Gasteiger partial charge in [0, 0.05) is 23.0 Å². The number of carbonyl (C=O) groups excluding carboxylic acids is 2. The Kier molecular flexibility index (Phi) is 5.73. The molecule has 3 aromatic rings. The zero-order valence-corrected chi connectivity index (χ0v) is 20.1. The lowest BCUT2D eigenvalue weighted by atomic mass is 9.87. The van der Waals surface area contributed by atoms with Crippen molar-refractivity contribution >= 4 is 35.0 Å². The van der Waals surface area contributed by atoms with Gasteiger partial charge < -0.3 is 14.8 Å². The van der Waals surface area contributed by atoms with Gasteiger partial charge in [-0.2, -0.15) is 0 Å². The molecule has 1 atom stereocenters. The summed E-state index contributed by atoms with van der Waals surface area (Å²) in [6.45, 7) is 6.62. The molecular weight excluding hydrogens is 448 g/mol. The molecule has 1 saturated heterocycles. The third kappa shape index (κ3) is 4.35. The zero-order chi connectivity index (χ0) is 23.9. The highest BCUT2D eigenvalue weighted by Crippen LogP contribution is 2.45. The Morgan fingerprint density at radius 2 is 1.76 bits per heavy atom. The van der Waals surface area contributed by atoms with Crippen LogP contribution in [0.1, 0.15) is 47.6 Å². The van der Waals surface area contributed by atoms with E-state index < -0.39 is 0 Å². The monoisotopic (exact) mass is 474 g/mol. The maximum absolute atomic E-state index is 12.8. The van der Waals surface area contributed by atoms with Crippen molar-refractivity contribution in [1.82, 2.24) is 0 Å². The van der Waals surface area contributed by atoms with Crippen LogP contribution in [0.4, 0.5) is 11.4 Å². The molecular formula is C27H26N2O4S. The van der Waals surface area contributed by atoms with Gasteiger partial charge in [-0.1, -0.05) is 45.0 Å². The van der Waals surface area contributed by atoms with Gasteiger partial charge in [-0.15, -0.1) is 11.8 Å². The van der Waals surface area contributed by atoms with Crippen LogP contribution in [0.2, 0.25) is 0 Å². The SMILES string of the molecule is CC(C)(C)c1ccc(C(=O)Nc2cccc(C3SCC(=O)N3c3ccc4c(c3)OCO4)c2)cc1. The van der Waals surface area contributed by atoms with Crippen molar-refractivity contribution in [1.29, 1.82) is 0 Å². The Morgan fingerprint density at radius 3 is 2.53 bits per heavy atom. The summed E-state index contributed by atoms with van der Waals surface area (Å²) in [5, 5.41) is 2.79. The highest BCUT2D eigenvalue weighted by molar-refractivity contribution is 8.00. The van der Waals surface area contributed by atoms with Crippen molar-refractivity contribution in [3.8, 4) is 11.5 Å². The van der Waals surface area contributed by atoms with Crippen molar-refractivity contribution in [2.45, 2.75) is 31.6 Å². The molecule has 5 rings (SSSR count).